The van der Waals surface area contributed by atoms with Gasteiger partial charge in [0.2, 0.25) is 0 Å². The summed E-state index contributed by atoms with van der Waals surface area (Å²) in [6, 6.07) is 10.6. The van der Waals surface area contributed by atoms with Crippen molar-refractivity contribution in [1.82, 2.24) is 15.1 Å². The Morgan fingerprint density at radius 3 is 2.89 bits per heavy atom. The molecule has 0 aliphatic carbocycles. The molecule has 2 heterocycles. The van der Waals surface area contributed by atoms with E-state index in [1.54, 1.807) is 0 Å². The summed E-state index contributed by atoms with van der Waals surface area (Å²) >= 11 is 0. The fraction of sp³-hybridized carbons (Fsp3) is 0.400. The van der Waals surface area contributed by atoms with Gasteiger partial charge in [0, 0.05) is 30.9 Å². The van der Waals surface area contributed by atoms with Gasteiger partial charge in [0.05, 0.1) is 18.9 Å². The molecule has 2 aromatic rings. The van der Waals surface area contributed by atoms with Crippen molar-refractivity contribution in [3.63, 3.8) is 0 Å². The van der Waals surface area contributed by atoms with Crippen LogP contribution in [0.2, 0.25) is 0 Å². The standard InChI is InChI=1S/C15H19N3O/c1-12-3-2-4-13(9-12)15-10-14(16-17-15)11-18-5-7-19-8-6-18/h2-4,9-10H,5-8,11H2,1H3,(H,16,17). The minimum Gasteiger partial charge on any atom is -0.379 e. The van der Waals surface area contributed by atoms with Gasteiger partial charge in [0.1, 0.15) is 0 Å². The third-order valence-electron chi connectivity index (χ3n) is 3.44. The summed E-state index contributed by atoms with van der Waals surface area (Å²) < 4.78 is 5.36. The minimum absolute atomic E-state index is 0.832. The van der Waals surface area contributed by atoms with Crippen LogP contribution in [0.5, 0.6) is 0 Å². The van der Waals surface area contributed by atoms with E-state index in [1.165, 1.54) is 16.8 Å². The van der Waals surface area contributed by atoms with Crippen LogP contribution in [0.25, 0.3) is 11.3 Å². The van der Waals surface area contributed by atoms with Gasteiger partial charge in [-0.15, -0.1) is 0 Å². The van der Waals surface area contributed by atoms with Crippen molar-refractivity contribution >= 4 is 0 Å². The highest BCUT2D eigenvalue weighted by atomic mass is 16.5. The number of hydrogen-bond acceptors (Lipinski definition) is 3. The molecule has 0 spiro atoms. The lowest BCUT2D eigenvalue weighted by atomic mass is 10.1. The van der Waals surface area contributed by atoms with E-state index < -0.39 is 0 Å². The monoisotopic (exact) mass is 257 g/mol. The first kappa shape index (κ1) is 12.4. The maximum absolute atomic E-state index is 5.36. The van der Waals surface area contributed by atoms with Gasteiger partial charge >= 0.3 is 0 Å². The number of morpholine rings is 1. The largest absolute Gasteiger partial charge is 0.379 e. The number of nitrogens with zero attached hydrogens (tertiary/aromatic N) is 2. The molecule has 1 aliphatic heterocycles. The number of H-pyrrole nitrogens is 1. The number of hydrogen-bond donors (Lipinski definition) is 1. The number of aromatic amines is 1. The third kappa shape index (κ3) is 3.03. The van der Waals surface area contributed by atoms with E-state index in [0.29, 0.717) is 0 Å². The number of benzene rings is 1. The Kier molecular flexibility index (Phi) is 3.62. The van der Waals surface area contributed by atoms with Crippen molar-refractivity contribution in [2.45, 2.75) is 13.5 Å². The highest BCUT2D eigenvalue weighted by Crippen LogP contribution is 2.19. The van der Waals surface area contributed by atoms with Gasteiger partial charge in [0.25, 0.3) is 0 Å². The van der Waals surface area contributed by atoms with E-state index in [0.717, 1.165) is 38.5 Å². The van der Waals surface area contributed by atoms with Crippen molar-refractivity contribution in [2.24, 2.45) is 0 Å². The maximum atomic E-state index is 5.36. The fourth-order valence-electron chi connectivity index (χ4n) is 2.40. The fourth-order valence-corrected chi connectivity index (χ4v) is 2.40. The maximum Gasteiger partial charge on any atom is 0.0924 e. The predicted octanol–water partition coefficient (Wildman–Crippen LogP) is 2.22. The lowest BCUT2D eigenvalue weighted by Crippen LogP contribution is -2.35. The van der Waals surface area contributed by atoms with Crippen molar-refractivity contribution in [3.8, 4) is 11.3 Å². The Hall–Kier alpha value is -1.65. The van der Waals surface area contributed by atoms with Gasteiger partial charge in [-0.05, 0) is 19.1 Å². The number of ether oxygens (including phenoxy) is 1. The number of aromatic nitrogens is 2. The zero-order valence-electron chi connectivity index (χ0n) is 11.2. The summed E-state index contributed by atoms with van der Waals surface area (Å²) in [7, 11) is 0. The second-order valence-corrected chi connectivity index (χ2v) is 5.04. The third-order valence-corrected chi connectivity index (χ3v) is 3.44. The van der Waals surface area contributed by atoms with Crippen LogP contribution in [-0.2, 0) is 11.3 Å². The van der Waals surface area contributed by atoms with Crippen LogP contribution in [0, 0.1) is 6.92 Å². The Labute approximate surface area is 113 Å². The molecule has 1 aromatic carbocycles. The Morgan fingerprint density at radius 2 is 2.11 bits per heavy atom. The first-order valence-electron chi connectivity index (χ1n) is 6.73. The van der Waals surface area contributed by atoms with Gasteiger partial charge < -0.3 is 4.74 Å². The molecule has 1 fully saturated rings. The van der Waals surface area contributed by atoms with Crippen LogP contribution in [0.3, 0.4) is 0 Å². The minimum atomic E-state index is 0.832. The molecular weight excluding hydrogens is 238 g/mol. The molecule has 0 radical (unpaired) electrons. The molecule has 0 unspecified atom stereocenters. The molecule has 0 bridgehead atoms. The van der Waals surface area contributed by atoms with E-state index in [4.69, 9.17) is 4.74 Å². The topological polar surface area (TPSA) is 41.1 Å². The van der Waals surface area contributed by atoms with Gasteiger partial charge in [-0.25, -0.2) is 0 Å². The Bertz CT molecular complexity index is 544. The molecule has 0 saturated carbocycles. The molecule has 4 nitrogen and oxygen atoms in total. The van der Waals surface area contributed by atoms with Crippen LogP contribution in [0.15, 0.2) is 30.3 Å². The molecule has 1 saturated heterocycles. The molecule has 19 heavy (non-hydrogen) atoms. The van der Waals surface area contributed by atoms with Gasteiger partial charge in [-0.1, -0.05) is 23.8 Å². The van der Waals surface area contributed by atoms with Crippen LogP contribution in [-0.4, -0.2) is 41.4 Å². The SMILES string of the molecule is Cc1cccc(-c2cc(CN3CCOCC3)[nH]n2)c1. The first-order valence-corrected chi connectivity index (χ1v) is 6.73. The average Bonchev–Trinajstić information content (AvgIpc) is 2.88. The molecule has 1 N–H and O–H groups in total. The Balaban J connectivity index is 1.72. The van der Waals surface area contributed by atoms with E-state index in [9.17, 15) is 0 Å². The van der Waals surface area contributed by atoms with Crippen LogP contribution in [0.1, 0.15) is 11.3 Å². The predicted molar refractivity (Wildman–Crippen MR) is 74.9 cm³/mol. The summed E-state index contributed by atoms with van der Waals surface area (Å²) in [6.45, 7) is 6.68. The second-order valence-electron chi connectivity index (χ2n) is 5.04. The molecule has 100 valence electrons. The van der Waals surface area contributed by atoms with Crippen LogP contribution >= 0.6 is 0 Å². The highest BCUT2D eigenvalue weighted by molar-refractivity contribution is 5.60. The van der Waals surface area contributed by atoms with E-state index in [-0.39, 0.29) is 0 Å². The van der Waals surface area contributed by atoms with E-state index >= 15 is 0 Å². The summed E-state index contributed by atoms with van der Waals surface area (Å²) in [5, 5.41) is 7.55. The van der Waals surface area contributed by atoms with Gasteiger partial charge in [-0.2, -0.15) is 5.10 Å². The summed E-state index contributed by atoms with van der Waals surface area (Å²) in [5.74, 6) is 0. The lowest BCUT2D eigenvalue weighted by Gasteiger charge is -2.25. The summed E-state index contributed by atoms with van der Waals surface area (Å²) in [4.78, 5) is 2.39. The van der Waals surface area contributed by atoms with Crippen molar-refractivity contribution in [2.75, 3.05) is 26.3 Å². The number of nitrogens with one attached hydrogen (secondary N) is 1. The van der Waals surface area contributed by atoms with Gasteiger partial charge in [-0.3, -0.25) is 10.00 Å². The van der Waals surface area contributed by atoms with Crippen molar-refractivity contribution in [3.05, 3.63) is 41.6 Å². The normalized spacial score (nSPS) is 16.7. The Morgan fingerprint density at radius 1 is 1.26 bits per heavy atom. The summed E-state index contributed by atoms with van der Waals surface area (Å²) in [5.41, 5.74) is 4.62. The zero-order chi connectivity index (χ0) is 13.1. The average molecular weight is 257 g/mol. The zero-order valence-corrected chi connectivity index (χ0v) is 11.2. The van der Waals surface area contributed by atoms with Crippen LogP contribution in [0.4, 0.5) is 0 Å². The first-order chi connectivity index (χ1) is 9.31. The van der Waals surface area contributed by atoms with E-state index in [1.807, 2.05) is 0 Å². The number of aryl methyl sites for hydroxylation is 1. The quantitative estimate of drug-likeness (QED) is 0.916. The lowest BCUT2D eigenvalue weighted by molar-refractivity contribution is 0.0336. The molecule has 4 heteroatoms. The highest BCUT2D eigenvalue weighted by Gasteiger charge is 2.12. The van der Waals surface area contributed by atoms with Crippen molar-refractivity contribution < 1.29 is 4.74 Å². The summed E-state index contributed by atoms with van der Waals surface area (Å²) in [6.07, 6.45) is 0. The molecular formula is C15H19N3O. The van der Waals surface area contributed by atoms with Crippen molar-refractivity contribution in [1.29, 1.82) is 0 Å². The van der Waals surface area contributed by atoms with Crippen LogP contribution < -0.4 is 0 Å². The molecule has 0 amide bonds. The van der Waals surface area contributed by atoms with E-state index in [2.05, 4.69) is 52.4 Å². The number of rotatable bonds is 3. The second kappa shape index (κ2) is 5.55. The smallest absolute Gasteiger partial charge is 0.0924 e. The molecule has 0 atom stereocenters. The molecule has 3 rings (SSSR count). The molecule has 1 aromatic heterocycles. The molecule has 1 aliphatic rings. The van der Waals surface area contributed by atoms with Gasteiger partial charge in [0.15, 0.2) is 0 Å².